The van der Waals surface area contributed by atoms with Crippen LogP contribution in [0, 0.1) is 5.92 Å². The van der Waals surface area contributed by atoms with Crippen molar-refractivity contribution >= 4 is 26.6 Å². The third-order valence-electron chi connectivity index (χ3n) is 6.02. The Morgan fingerprint density at radius 3 is 2.43 bits per heavy atom. The quantitative estimate of drug-likeness (QED) is 0.769. The predicted molar refractivity (Wildman–Crippen MR) is 110 cm³/mol. The van der Waals surface area contributed by atoms with Crippen LogP contribution in [0.1, 0.15) is 37.0 Å². The number of hydrazine groups is 1. The maximum absolute atomic E-state index is 13.2. The first-order chi connectivity index (χ1) is 13.4. The van der Waals surface area contributed by atoms with Crippen LogP contribution in [0.3, 0.4) is 0 Å². The molecule has 2 saturated heterocycles. The van der Waals surface area contributed by atoms with Gasteiger partial charge >= 0.3 is 0 Å². The number of sulfonamides is 1. The van der Waals surface area contributed by atoms with E-state index in [-0.39, 0.29) is 30.3 Å². The van der Waals surface area contributed by atoms with Crippen LogP contribution in [0.15, 0.2) is 42.5 Å². The lowest BCUT2D eigenvalue weighted by molar-refractivity contribution is 0.0872. The lowest BCUT2D eigenvalue weighted by atomic mass is 9.90. The van der Waals surface area contributed by atoms with Gasteiger partial charge in [-0.15, -0.1) is 0 Å². The largest absolute Gasteiger partial charge is 0.294 e. The first-order valence-electron chi connectivity index (χ1n) is 9.91. The van der Waals surface area contributed by atoms with Gasteiger partial charge in [-0.05, 0) is 43.5 Å². The van der Waals surface area contributed by atoms with Crippen LogP contribution < -0.4 is 10.9 Å². The second kappa shape index (κ2) is 7.55. The number of hydrogen-bond acceptors (Lipinski definition) is 5. The van der Waals surface area contributed by atoms with Crippen molar-refractivity contribution in [2.75, 3.05) is 13.1 Å². The molecule has 2 aliphatic rings. The molecular weight excluding hydrogens is 374 g/mol. The second-order valence-electron chi connectivity index (χ2n) is 8.00. The predicted octanol–water partition coefficient (Wildman–Crippen LogP) is 2.32. The molecule has 2 aliphatic heterocycles. The highest BCUT2D eigenvalue weighted by Crippen LogP contribution is 2.28. The van der Waals surface area contributed by atoms with Gasteiger partial charge in [0.15, 0.2) is 5.78 Å². The standard InChI is InChI=1S/C21H27N3O3S/c1-14-21(15(2)23-22-14)28(26,27)24-11-5-8-19(13-24)20(25)18-10-9-16-6-3-4-7-17(16)12-18/h3-4,6-7,9-10,12,14-15,19,21-23H,5,8,11,13H2,1-2H3. The number of hydrogen-bond donors (Lipinski definition) is 2. The fourth-order valence-electron chi connectivity index (χ4n) is 4.51. The van der Waals surface area contributed by atoms with E-state index in [4.69, 9.17) is 0 Å². The highest BCUT2D eigenvalue weighted by atomic mass is 32.2. The maximum Gasteiger partial charge on any atom is 0.220 e. The molecular formula is C21H27N3O3S. The van der Waals surface area contributed by atoms with E-state index in [2.05, 4.69) is 10.9 Å². The van der Waals surface area contributed by atoms with Crippen molar-refractivity contribution < 1.29 is 13.2 Å². The average molecular weight is 402 g/mol. The molecule has 0 aromatic heterocycles. The van der Waals surface area contributed by atoms with E-state index in [1.165, 1.54) is 4.31 Å². The summed E-state index contributed by atoms with van der Waals surface area (Å²) in [5.74, 6) is -0.257. The summed E-state index contributed by atoms with van der Waals surface area (Å²) in [6.45, 7) is 4.50. The van der Waals surface area contributed by atoms with Crippen LogP contribution in [-0.4, -0.2) is 48.9 Å². The Hall–Kier alpha value is -1.80. The molecule has 0 saturated carbocycles. The van der Waals surface area contributed by atoms with Crippen molar-refractivity contribution in [3.8, 4) is 0 Å². The highest BCUT2D eigenvalue weighted by Gasteiger charge is 2.45. The molecule has 0 spiro atoms. The zero-order chi connectivity index (χ0) is 19.9. The van der Waals surface area contributed by atoms with E-state index in [1.54, 1.807) is 0 Å². The van der Waals surface area contributed by atoms with Gasteiger partial charge in [-0.1, -0.05) is 36.4 Å². The third kappa shape index (κ3) is 3.48. The molecule has 2 aromatic carbocycles. The van der Waals surface area contributed by atoms with E-state index >= 15 is 0 Å². The van der Waals surface area contributed by atoms with E-state index in [9.17, 15) is 13.2 Å². The van der Waals surface area contributed by atoms with Crippen LogP contribution in [0.4, 0.5) is 0 Å². The number of nitrogens with zero attached hydrogens (tertiary/aromatic N) is 1. The molecule has 0 amide bonds. The molecule has 4 rings (SSSR count). The van der Waals surface area contributed by atoms with Gasteiger partial charge in [0.25, 0.3) is 0 Å². The zero-order valence-electron chi connectivity index (χ0n) is 16.3. The maximum atomic E-state index is 13.2. The smallest absolute Gasteiger partial charge is 0.220 e. The monoisotopic (exact) mass is 401 g/mol. The number of Topliss-reactive ketones (excluding diaryl/α,β-unsaturated/α-hetero) is 1. The van der Waals surface area contributed by atoms with Crippen molar-refractivity contribution in [3.05, 3.63) is 48.0 Å². The van der Waals surface area contributed by atoms with Crippen molar-refractivity contribution in [1.29, 1.82) is 0 Å². The second-order valence-corrected chi connectivity index (χ2v) is 10.1. The molecule has 2 aromatic rings. The number of benzene rings is 2. The molecule has 0 bridgehead atoms. The molecule has 3 unspecified atom stereocenters. The van der Waals surface area contributed by atoms with Gasteiger partial charge in [-0.25, -0.2) is 12.7 Å². The van der Waals surface area contributed by atoms with Gasteiger partial charge in [-0.3, -0.25) is 15.6 Å². The van der Waals surface area contributed by atoms with Gasteiger partial charge < -0.3 is 0 Å². The fourth-order valence-corrected chi connectivity index (χ4v) is 6.80. The number of fused-ring (bicyclic) bond motifs is 1. The molecule has 0 aliphatic carbocycles. The summed E-state index contributed by atoms with van der Waals surface area (Å²) in [6.07, 6.45) is 1.43. The molecule has 150 valence electrons. The lowest BCUT2D eigenvalue weighted by Gasteiger charge is -2.34. The summed E-state index contributed by atoms with van der Waals surface area (Å²) in [4.78, 5) is 13.1. The van der Waals surface area contributed by atoms with E-state index < -0.39 is 15.3 Å². The number of nitrogens with one attached hydrogen (secondary N) is 2. The topological polar surface area (TPSA) is 78.5 Å². The van der Waals surface area contributed by atoms with Crippen LogP contribution in [0.25, 0.3) is 10.8 Å². The molecule has 6 nitrogen and oxygen atoms in total. The number of rotatable bonds is 4. The minimum atomic E-state index is -3.49. The molecule has 7 heteroatoms. The minimum Gasteiger partial charge on any atom is -0.294 e. The first kappa shape index (κ1) is 19.5. The third-order valence-corrected chi connectivity index (χ3v) is 8.57. The van der Waals surface area contributed by atoms with Gasteiger partial charge in [0.1, 0.15) is 5.25 Å². The van der Waals surface area contributed by atoms with Gasteiger partial charge in [-0.2, -0.15) is 0 Å². The molecule has 3 atom stereocenters. The lowest BCUT2D eigenvalue weighted by Crippen LogP contribution is -2.51. The molecule has 0 radical (unpaired) electrons. The highest BCUT2D eigenvalue weighted by molar-refractivity contribution is 7.89. The van der Waals surface area contributed by atoms with Crippen molar-refractivity contribution in [2.24, 2.45) is 5.92 Å². The summed E-state index contributed by atoms with van der Waals surface area (Å²) in [5.41, 5.74) is 6.70. The SMILES string of the molecule is CC1NNC(C)C1S(=O)(=O)N1CCCC(C(=O)c2ccc3ccccc3c2)C1. The summed E-state index contributed by atoms with van der Waals surface area (Å²) >= 11 is 0. The van der Waals surface area contributed by atoms with Gasteiger partial charge in [0.2, 0.25) is 10.0 Å². The number of ketones is 1. The molecule has 2 heterocycles. The van der Waals surface area contributed by atoms with Crippen molar-refractivity contribution in [3.63, 3.8) is 0 Å². The molecule has 2 N–H and O–H groups in total. The van der Waals surface area contributed by atoms with Crippen LogP contribution in [-0.2, 0) is 10.0 Å². The number of carbonyl (C=O) groups is 1. The zero-order valence-corrected chi connectivity index (χ0v) is 17.1. The molecule has 28 heavy (non-hydrogen) atoms. The van der Waals surface area contributed by atoms with Crippen molar-refractivity contribution in [1.82, 2.24) is 15.2 Å². The number of piperidine rings is 1. The minimum absolute atomic E-state index is 0.0365. The first-order valence-corrected chi connectivity index (χ1v) is 11.4. The molecule has 2 fully saturated rings. The van der Waals surface area contributed by atoms with Gasteiger partial charge in [0, 0.05) is 36.7 Å². The Bertz CT molecular complexity index is 981. The van der Waals surface area contributed by atoms with Crippen LogP contribution in [0.2, 0.25) is 0 Å². The Balaban J connectivity index is 1.55. The summed E-state index contributed by atoms with van der Waals surface area (Å²) < 4.78 is 28.0. The Kier molecular flexibility index (Phi) is 5.26. The summed E-state index contributed by atoms with van der Waals surface area (Å²) in [5, 5.41) is 1.59. The van der Waals surface area contributed by atoms with E-state index in [1.807, 2.05) is 56.3 Å². The van der Waals surface area contributed by atoms with Crippen molar-refractivity contribution in [2.45, 2.75) is 44.0 Å². The summed E-state index contributed by atoms with van der Waals surface area (Å²) in [7, 11) is -3.49. The van der Waals surface area contributed by atoms with Crippen LogP contribution >= 0.6 is 0 Å². The average Bonchev–Trinajstić information content (AvgIpc) is 3.06. The van der Waals surface area contributed by atoms with Gasteiger partial charge in [0.05, 0.1) is 0 Å². The Morgan fingerprint density at radius 1 is 1.04 bits per heavy atom. The number of carbonyl (C=O) groups excluding carboxylic acids is 1. The fraction of sp³-hybridized carbons (Fsp3) is 0.476. The normalized spacial score (nSPS) is 29.2. The summed E-state index contributed by atoms with van der Waals surface area (Å²) in [6, 6.07) is 13.3. The van der Waals surface area contributed by atoms with E-state index in [0.29, 0.717) is 18.5 Å². The Labute approximate surface area is 166 Å². The van der Waals surface area contributed by atoms with E-state index in [0.717, 1.165) is 17.2 Å². The Morgan fingerprint density at radius 2 is 1.71 bits per heavy atom. The van der Waals surface area contributed by atoms with Crippen LogP contribution in [0.5, 0.6) is 0 Å².